The molecular weight excluding hydrogens is 440 g/mol. The van der Waals surface area contributed by atoms with Crippen molar-refractivity contribution in [1.82, 2.24) is 15.2 Å². The summed E-state index contributed by atoms with van der Waals surface area (Å²) >= 11 is 0. The Morgan fingerprint density at radius 2 is 1.97 bits per heavy atom. The summed E-state index contributed by atoms with van der Waals surface area (Å²) in [6.45, 7) is 10.4. The standard InChI is InChI=1S/C28H38N4O3/c1-28(2,3)35-27(33)32-19-21-8-5-11-25(31-13-15-34-16-14-31)23(21)17-22(32)18-30-24-10-4-7-20-9-6-12-29-26(20)24/h5-6,8-9,11-12,22,24,30H,4,7,10,13-19H2,1-3H3/t22?,24-/m0/s1. The van der Waals surface area contributed by atoms with Crippen LogP contribution in [0.5, 0.6) is 0 Å². The maximum atomic E-state index is 13.3. The average Bonchev–Trinajstić information content (AvgIpc) is 2.86. The van der Waals surface area contributed by atoms with Crippen molar-refractivity contribution in [2.75, 3.05) is 37.7 Å². The SMILES string of the molecule is CC(C)(C)OC(=O)N1Cc2cccc(N3CCOCC3)c2CC1CN[C@H]1CCCc2cccnc21. The average molecular weight is 479 g/mol. The lowest BCUT2D eigenvalue weighted by Gasteiger charge is -2.41. The van der Waals surface area contributed by atoms with Crippen LogP contribution >= 0.6 is 0 Å². The smallest absolute Gasteiger partial charge is 0.410 e. The fourth-order valence-corrected chi connectivity index (χ4v) is 5.57. The summed E-state index contributed by atoms with van der Waals surface area (Å²) in [6, 6.07) is 10.9. The molecule has 0 bridgehead atoms. The Kier molecular flexibility index (Phi) is 6.98. The van der Waals surface area contributed by atoms with Crippen LogP contribution < -0.4 is 10.2 Å². The van der Waals surface area contributed by atoms with Gasteiger partial charge in [0.1, 0.15) is 5.60 Å². The summed E-state index contributed by atoms with van der Waals surface area (Å²) in [4.78, 5) is 22.3. The molecule has 1 saturated heterocycles. The van der Waals surface area contributed by atoms with Crippen LogP contribution in [0.2, 0.25) is 0 Å². The number of pyridine rings is 1. The molecule has 0 saturated carbocycles. The van der Waals surface area contributed by atoms with Crippen LogP contribution in [-0.4, -0.2) is 60.5 Å². The number of hydrogen-bond acceptors (Lipinski definition) is 6. The van der Waals surface area contributed by atoms with Gasteiger partial charge in [-0.1, -0.05) is 18.2 Å². The minimum Gasteiger partial charge on any atom is -0.444 e. The van der Waals surface area contributed by atoms with Gasteiger partial charge in [0.2, 0.25) is 0 Å². The van der Waals surface area contributed by atoms with Crippen LogP contribution in [0.25, 0.3) is 0 Å². The summed E-state index contributed by atoms with van der Waals surface area (Å²) in [5.74, 6) is 0. The van der Waals surface area contributed by atoms with Crippen molar-refractivity contribution >= 4 is 11.8 Å². The first-order valence-electron chi connectivity index (χ1n) is 13.0. The maximum Gasteiger partial charge on any atom is 0.410 e. The Labute approximate surface area is 208 Å². The van der Waals surface area contributed by atoms with E-state index >= 15 is 0 Å². The molecule has 7 nitrogen and oxygen atoms in total. The first kappa shape index (κ1) is 24.1. The molecule has 5 rings (SSSR count). The number of amides is 1. The number of aromatic nitrogens is 1. The third-order valence-electron chi connectivity index (χ3n) is 7.24. The number of carbonyl (C=O) groups is 1. The molecule has 3 heterocycles. The van der Waals surface area contributed by atoms with Crippen molar-refractivity contribution in [2.45, 2.75) is 70.7 Å². The van der Waals surface area contributed by atoms with Crippen molar-refractivity contribution in [3.63, 3.8) is 0 Å². The lowest BCUT2D eigenvalue weighted by atomic mass is 9.90. The molecule has 1 unspecified atom stereocenters. The van der Waals surface area contributed by atoms with Crippen molar-refractivity contribution in [3.8, 4) is 0 Å². The summed E-state index contributed by atoms with van der Waals surface area (Å²) in [7, 11) is 0. The number of carbonyl (C=O) groups excluding carboxylic acids is 1. The highest BCUT2D eigenvalue weighted by Crippen LogP contribution is 2.34. The van der Waals surface area contributed by atoms with Gasteiger partial charge in [0, 0.05) is 44.1 Å². The fourth-order valence-electron chi connectivity index (χ4n) is 5.57. The second-order valence-corrected chi connectivity index (χ2v) is 10.9. The van der Waals surface area contributed by atoms with Gasteiger partial charge in [-0.25, -0.2) is 4.79 Å². The van der Waals surface area contributed by atoms with Crippen LogP contribution in [0.3, 0.4) is 0 Å². The predicted octanol–water partition coefficient (Wildman–Crippen LogP) is 4.25. The lowest BCUT2D eigenvalue weighted by molar-refractivity contribution is 0.0116. The van der Waals surface area contributed by atoms with Crippen LogP contribution in [-0.2, 0) is 28.9 Å². The Bertz CT molecular complexity index is 1040. The molecule has 2 aliphatic heterocycles. The number of nitrogens with zero attached hydrogens (tertiary/aromatic N) is 3. The van der Waals surface area contributed by atoms with Gasteiger partial charge in [0.05, 0.1) is 24.9 Å². The highest BCUT2D eigenvalue weighted by atomic mass is 16.6. The molecule has 2 atom stereocenters. The van der Waals surface area contributed by atoms with E-state index in [-0.39, 0.29) is 18.2 Å². The predicted molar refractivity (Wildman–Crippen MR) is 137 cm³/mol. The molecule has 0 radical (unpaired) electrons. The van der Waals surface area contributed by atoms with E-state index in [1.165, 1.54) is 22.4 Å². The molecule has 188 valence electrons. The third-order valence-corrected chi connectivity index (χ3v) is 7.24. The van der Waals surface area contributed by atoms with E-state index in [2.05, 4.69) is 34.5 Å². The maximum absolute atomic E-state index is 13.3. The van der Waals surface area contributed by atoms with E-state index in [1.807, 2.05) is 37.9 Å². The molecule has 7 heteroatoms. The van der Waals surface area contributed by atoms with Crippen molar-refractivity contribution in [3.05, 3.63) is 58.9 Å². The number of anilines is 1. The molecule has 1 aromatic carbocycles. The topological polar surface area (TPSA) is 66.9 Å². The quantitative estimate of drug-likeness (QED) is 0.709. The van der Waals surface area contributed by atoms with Gasteiger partial charge in [0.25, 0.3) is 0 Å². The van der Waals surface area contributed by atoms with Gasteiger partial charge in [0.15, 0.2) is 0 Å². The minimum atomic E-state index is -0.531. The minimum absolute atomic E-state index is 0.00799. The van der Waals surface area contributed by atoms with Gasteiger partial charge in [-0.05, 0) is 75.3 Å². The van der Waals surface area contributed by atoms with Crippen molar-refractivity contribution < 1.29 is 14.3 Å². The number of hydrogen-bond donors (Lipinski definition) is 1. The zero-order valence-electron chi connectivity index (χ0n) is 21.3. The fraction of sp³-hybridized carbons (Fsp3) is 0.571. The molecule has 1 amide bonds. The van der Waals surface area contributed by atoms with E-state index in [9.17, 15) is 4.79 Å². The molecule has 2 aromatic rings. The molecule has 3 aliphatic rings. The van der Waals surface area contributed by atoms with Crippen molar-refractivity contribution in [1.29, 1.82) is 0 Å². The van der Waals surface area contributed by atoms with Gasteiger partial charge in [-0.3, -0.25) is 9.88 Å². The van der Waals surface area contributed by atoms with E-state index in [1.54, 1.807) is 0 Å². The summed E-state index contributed by atoms with van der Waals surface area (Å²) < 4.78 is 11.4. The number of rotatable bonds is 4. The zero-order valence-corrected chi connectivity index (χ0v) is 21.3. The monoisotopic (exact) mass is 478 g/mol. The van der Waals surface area contributed by atoms with E-state index < -0.39 is 5.60 Å². The highest BCUT2D eigenvalue weighted by Gasteiger charge is 2.35. The Hall–Kier alpha value is -2.64. The first-order valence-corrected chi connectivity index (χ1v) is 13.0. The van der Waals surface area contributed by atoms with Crippen molar-refractivity contribution in [2.24, 2.45) is 0 Å². The Balaban J connectivity index is 1.40. The Morgan fingerprint density at radius 1 is 1.17 bits per heavy atom. The molecule has 35 heavy (non-hydrogen) atoms. The normalized spacial score (nSPS) is 22.4. The summed E-state index contributed by atoms with van der Waals surface area (Å²) in [6.07, 6.45) is 5.76. The second-order valence-electron chi connectivity index (χ2n) is 10.9. The van der Waals surface area contributed by atoms with Gasteiger partial charge in [-0.15, -0.1) is 0 Å². The zero-order chi connectivity index (χ0) is 24.4. The highest BCUT2D eigenvalue weighted by molar-refractivity contribution is 5.70. The molecule has 0 spiro atoms. The van der Waals surface area contributed by atoms with E-state index in [4.69, 9.17) is 14.5 Å². The first-order chi connectivity index (χ1) is 16.9. The number of benzene rings is 1. The number of morpholine rings is 1. The van der Waals surface area contributed by atoms with Crippen LogP contribution in [0.15, 0.2) is 36.5 Å². The summed E-state index contributed by atoms with van der Waals surface area (Å²) in [5, 5.41) is 3.78. The van der Waals surface area contributed by atoms with Gasteiger partial charge >= 0.3 is 6.09 Å². The summed E-state index contributed by atoms with van der Waals surface area (Å²) in [5.41, 5.74) is 5.81. The van der Waals surface area contributed by atoms with Gasteiger partial charge in [-0.2, -0.15) is 0 Å². The van der Waals surface area contributed by atoms with E-state index in [0.29, 0.717) is 13.1 Å². The third kappa shape index (κ3) is 5.46. The van der Waals surface area contributed by atoms with Crippen LogP contribution in [0, 0.1) is 0 Å². The Morgan fingerprint density at radius 3 is 2.77 bits per heavy atom. The molecule has 1 aliphatic carbocycles. The second kappa shape index (κ2) is 10.2. The lowest BCUT2D eigenvalue weighted by Crippen LogP contribution is -2.51. The van der Waals surface area contributed by atoms with E-state index in [0.717, 1.165) is 57.7 Å². The van der Waals surface area contributed by atoms with Crippen LogP contribution in [0.4, 0.5) is 10.5 Å². The number of aryl methyl sites for hydroxylation is 1. The van der Waals surface area contributed by atoms with Gasteiger partial charge < -0.3 is 19.7 Å². The number of ether oxygens (including phenoxy) is 2. The largest absolute Gasteiger partial charge is 0.444 e. The molecule has 1 N–H and O–H groups in total. The molecule has 1 fully saturated rings. The molecular formula is C28H38N4O3. The number of fused-ring (bicyclic) bond motifs is 2. The molecule has 1 aromatic heterocycles. The van der Waals surface area contributed by atoms with Crippen LogP contribution in [0.1, 0.15) is 62.0 Å². The number of nitrogens with one attached hydrogen (secondary N) is 1.